The van der Waals surface area contributed by atoms with Gasteiger partial charge in [-0.15, -0.1) is 0 Å². The zero-order valence-corrected chi connectivity index (χ0v) is 8.26. The molecule has 0 aliphatic carbocycles. The zero-order chi connectivity index (χ0) is 10.5. The Kier molecular flexibility index (Phi) is 3.00. The van der Waals surface area contributed by atoms with Gasteiger partial charge in [0, 0.05) is 0 Å². The van der Waals surface area contributed by atoms with E-state index in [4.69, 9.17) is 5.26 Å². The predicted octanol–water partition coefficient (Wildman–Crippen LogP) is 3.13. The molecule has 2 heteroatoms. The number of rotatable bonds is 3. The second-order valence-corrected chi connectivity index (χ2v) is 3.40. The van der Waals surface area contributed by atoms with E-state index in [1.807, 2.05) is 30.3 Å². The van der Waals surface area contributed by atoms with Crippen molar-refractivity contribution in [3.63, 3.8) is 0 Å². The maximum absolute atomic E-state index is 8.42. The first-order valence-electron chi connectivity index (χ1n) is 4.83. The summed E-state index contributed by atoms with van der Waals surface area (Å²) in [6.45, 7) is 0. The van der Waals surface area contributed by atoms with Crippen LogP contribution in [-0.2, 0) is 6.42 Å². The molecule has 0 spiro atoms. The van der Waals surface area contributed by atoms with Crippen molar-refractivity contribution in [3.05, 3.63) is 65.7 Å². The van der Waals surface area contributed by atoms with Crippen molar-refractivity contribution < 1.29 is 10.1 Å². The topological polar surface area (TPSA) is 29.5 Å². The second kappa shape index (κ2) is 4.62. The standard InChI is InChI=1S/C13H12O2/c14-15-13-8-6-12(7-9-13)10-11-4-2-1-3-5-11/h1-9,14H,10H2. The second-order valence-electron chi connectivity index (χ2n) is 3.40. The van der Waals surface area contributed by atoms with E-state index in [2.05, 4.69) is 17.0 Å². The Morgan fingerprint density at radius 3 is 2.00 bits per heavy atom. The highest BCUT2D eigenvalue weighted by molar-refractivity contribution is 5.31. The summed E-state index contributed by atoms with van der Waals surface area (Å²) in [5.74, 6) is 0.465. The van der Waals surface area contributed by atoms with Gasteiger partial charge in [0.25, 0.3) is 0 Å². The van der Waals surface area contributed by atoms with Gasteiger partial charge in [0.2, 0.25) is 0 Å². The maximum atomic E-state index is 8.42. The van der Waals surface area contributed by atoms with Crippen molar-refractivity contribution >= 4 is 0 Å². The van der Waals surface area contributed by atoms with Gasteiger partial charge in [-0.2, -0.15) is 0 Å². The quantitative estimate of drug-likeness (QED) is 0.609. The largest absolute Gasteiger partial charge is 0.340 e. The first-order valence-corrected chi connectivity index (χ1v) is 4.83. The van der Waals surface area contributed by atoms with E-state index in [9.17, 15) is 0 Å². The molecule has 0 heterocycles. The van der Waals surface area contributed by atoms with Crippen LogP contribution in [0, 0.1) is 0 Å². The summed E-state index contributed by atoms with van der Waals surface area (Å²) in [5.41, 5.74) is 2.47. The first kappa shape index (κ1) is 9.74. The Balaban J connectivity index is 2.11. The van der Waals surface area contributed by atoms with Gasteiger partial charge in [-0.3, -0.25) is 0 Å². The molecule has 0 saturated carbocycles. The summed E-state index contributed by atoms with van der Waals surface area (Å²) < 4.78 is 0. The van der Waals surface area contributed by atoms with Crippen LogP contribution in [-0.4, -0.2) is 5.26 Å². The zero-order valence-electron chi connectivity index (χ0n) is 8.26. The van der Waals surface area contributed by atoms with E-state index in [-0.39, 0.29) is 0 Å². The molecule has 0 fully saturated rings. The molecule has 2 nitrogen and oxygen atoms in total. The summed E-state index contributed by atoms with van der Waals surface area (Å²) in [7, 11) is 0. The summed E-state index contributed by atoms with van der Waals surface area (Å²) >= 11 is 0. The molecule has 0 saturated heterocycles. The van der Waals surface area contributed by atoms with E-state index in [0.29, 0.717) is 5.75 Å². The fourth-order valence-corrected chi connectivity index (χ4v) is 1.50. The molecule has 0 amide bonds. The number of hydrogen-bond acceptors (Lipinski definition) is 2. The lowest BCUT2D eigenvalue weighted by Gasteiger charge is -2.02. The molecule has 0 aliphatic heterocycles. The molecule has 2 rings (SSSR count). The monoisotopic (exact) mass is 200 g/mol. The SMILES string of the molecule is OOc1ccc(Cc2ccccc2)cc1. The van der Waals surface area contributed by atoms with Crippen LogP contribution >= 0.6 is 0 Å². The average Bonchev–Trinajstić information content (AvgIpc) is 2.31. The molecular formula is C13H12O2. The third-order valence-electron chi connectivity index (χ3n) is 2.28. The fraction of sp³-hybridized carbons (Fsp3) is 0.0769. The normalized spacial score (nSPS) is 9.93. The number of benzene rings is 2. The van der Waals surface area contributed by atoms with E-state index < -0.39 is 0 Å². The molecule has 2 aromatic rings. The van der Waals surface area contributed by atoms with Gasteiger partial charge in [0.05, 0.1) is 0 Å². The van der Waals surface area contributed by atoms with Crippen LogP contribution in [0.5, 0.6) is 5.75 Å². The van der Waals surface area contributed by atoms with Crippen LogP contribution in [0.25, 0.3) is 0 Å². The Morgan fingerprint density at radius 2 is 1.40 bits per heavy atom. The van der Waals surface area contributed by atoms with Crippen LogP contribution in [0.4, 0.5) is 0 Å². The molecule has 0 aliphatic rings. The van der Waals surface area contributed by atoms with E-state index in [1.54, 1.807) is 12.1 Å². The number of hydrogen-bond donors (Lipinski definition) is 1. The third kappa shape index (κ3) is 2.58. The van der Waals surface area contributed by atoms with Crippen molar-refractivity contribution in [2.45, 2.75) is 6.42 Å². The van der Waals surface area contributed by atoms with Crippen LogP contribution in [0.1, 0.15) is 11.1 Å². The maximum Gasteiger partial charge on any atom is 0.165 e. The highest BCUT2D eigenvalue weighted by Gasteiger charge is 1.96. The molecule has 0 bridgehead atoms. The average molecular weight is 200 g/mol. The lowest BCUT2D eigenvalue weighted by Crippen LogP contribution is -1.88. The van der Waals surface area contributed by atoms with Gasteiger partial charge in [-0.25, -0.2) is 5.26 Å². The van der Waals surface area contributed by atoms with Crippen molar-refractivity contribution in [2.24, 2.45) is 0 Å². The Bertz CT molecular complexity index is 406. The summed E-state index contributed by atoms with van der Waals surface area (Å²) in [5, 5.41) is 8.42. The predicted molar refractivity (Wildman–Crippen MR) is 58.9 cm³/mol. The molecule has 0 radical (unpaired) electrons. The molecule has 15 heavy (non-hydrogen) atoms. The summed E-state index contributed by atoms with van der Waals surface area (Å²) in [4.78, 5) is 4.12. The summed E-state index contributed by atoms with van der Waals surface area (Å²) in [6, 6.07) is 17.6. The van der Waals surface area contributed by atoms with Crippen LogP contribution in [0.15, 0.2) is 54.6 Å². The van der Waals surface area contributed by atoms with Gasteiger partial charge in [-0.05, 0) is 29.7 Å². The molecule has 0 atom stereocenters. The highest BCUT2D eigenvalue weighted by atomic mass is 17.1. The lowest BCUT2D eigenvalue weighted by molar-refractivity contribution is -0.137. The fourth-order valence-electron chi connectivity index (χ4n) is 1.50. The first-order chi connectivity index (χ1) is 7.38. The van der Waals surface area contributed by atoms with Crippen molar-refractivity contribution in [3.8, 4) is 5.75 Å². The molecular weight excluding hydrogens is 188 g/mol. The summed E-state index contributed by atoms with van der Waals surface area (Å²) in [6.07, 6.45) is 0.895. The van der Waals surface area contributed by atoms with Crippen LogP contribution < -0.4 is 4.89 Å². The molecule has 76 valence electrons. The van der Waals surface area contributed by atoms with Gasteiger partial charge >= 0.3 is 0 Å². The minimum Gasteiger partial charge on any atom is -0.340 e. The van der Waals surface area contributed by atoms with Gasteiger partial charge < -0.3 is 4.89 Å². The van der Waals surface area contributed by atoms with Crippen molar-refractivity contribution in [1.29, 1.82) is 0 Å². The van der Waals surface area contributed by atoms with Crippen LogP contribution in [0.3, 0.4) is 0 Å². The van der Waals surface area contributed by atoms with Gasteiger partial charge in [-0.1, -0.05) is 42.5 Å². The Labute approximate surface area is 88.7 Å². The minimum atomic E-state index is 0.465. The molecule has 2 aromatic carbocycles. The lowest BCUT2D eigenvalue weighted by atomic mass is 10.1. The Morgan fingerprint density at radius 1 is 0.800 bits per heavy atom. The highest BCUT2D eigenvalue weighted by Crippen LogP contribution is 2.14. The van der Waals surface area contributed by atoms with E-state index in [1.165, 1.54) is 11.1 Å². The Hall–Kier alpha value is -1.80. The van der Waals surface area contributed by atoms with E-state index in [0.717, 1.165) is 6.42 Å². The molecule has 0 aromatic heterocycles. The van der Waals surface area contributed by atoms with Gasteiger partial charge in [0.1, 0.15) is 0 Å². The van der Waals surface area contributed by atoms with Gasteiger partial charge in [0.15, 0.2) is 5.75 Å². The molecule has 1 N–H and O–H groups in total. The molecule has 0 unspecified atom stereocenters. The van der Waals surface area contributed by atoms with Crippen molar-refractivity contribution in [2.75, 3.05) is 0 Å². The van der Waals surface area contributed by atoms with E-state index >= 15 is 0 Å². The van der Waals surface area contributed by atoms with Crippen LogP contribution in [0.2, 0.25) is 0 Å². The van der Waals surface area contributed by atoms with Crippen molar-refractivity contribution in [1.82, 2.24) is 0 Å². The smallest absolute Gasteiger partial charge is 0.165 e. The minimum absolute atomic E-state index is 0.465. The third-order valence-corrected chi connectivity index (χ3v) is 2.28.